The zero-order valence-electron chi connectivity index (χ0n) is 8.71. The van der Waals surface area contributed by atoms with Gasteiger partial charge in [-0.1, -0.05) is 0 Å². The lowest BCUT2D eigenvalue weighted by Crippen LogP contribution is -2.62. The molecule has 0 amide bonds. The van der Waals surface area contributed by atoms with Gasteiger partial charge in [0.05, 0.1) is 30.5 Å². The highest BCUT2D eigenvalue weighted by molar-refractivity contribution is 7.80. The van der Waals surface area contributed by atoms with Crippen molar-refractivity contribution >= 4 is 25.3 Å². The molecule has 5 unspecified atom stereocenters. The SMILES string of the molecule is CC1OC(CS)C(O)C(NCCS)C1O. The van der Waals surface area contributed by atoms with Crippen LogP contribution in [-0.4, -0.2) is 58.7 Å². The minimum absolute atomic E-state index is 0.289. The molecular formula is C9H19NO3S2. The molecule has 1 aliphatic heterocycles. The van der Waals surface area contributed by atoms with E-state index in [4.69, 9.17) is 4.74 Å². The van der Waals surface area contributed by atoms with Gasteiger partial charge in [0.1, 0.15) is 0 Å². The molecule has 0 aromatic heterocycles. The molecule has 0 saturated carbocycles. The van der Waals surface area contributed by atoms with Gasteiger partial charge in [-0.15, -0.1) is 0 Å². The van der Waals surface area contributed by atoms with E-state index >= 15 is 0 Å². The first-order valence-corrected chi connectivity index (χ1v) is 6.35. The number of aliphatic hydroxyl groups excluding tert-OH is 2. The normalized spacial score (nSPS) is 41.8. The van der Waals surface area contributed by atoms with E-state index in [0.29, 0.717) is 18.1 Å². The first kappa shape index (κ1) is 13.6. The minimum atomic E-state index is -0.728. The summed E-state index contributed by atoms with van der Waals surface area (Å²) in [4.78, 5) is 0. The minimum Gasteiger partial charge on any atom is -0.389 e. The fraction of sp³-hybridized carbons (Fsp3) is 1.00. The van der Waals surface area contributed by atoms with Gasteiger partial charge in [0.2, 0.25) is 0 Å². The predicted octanol–water partition coefficient (Wildman–Crippen LogP) is -0.687. The summed E-state index contributed by atoms with van der Waals surface area (Å²) in [6.45, 7) is 2.44. The zero-order chi connectivity index (χ0) is 11.4. The second-order valence-corrected chi connectivity index (χ2v) is 4.56. The Morgan fingerprint density at radius 2 is 1.93 bits per heavy atom. The van der Waals surface area contributed by atoms with Crippen LogP contribution in [0.25, 0.3) is 0 Å². The smallest absolute Gasteiger partial charge is 0.0988 e. The highest BCUT2D eigenvalue weighted by atomic mass is 32.1. The van der Waals surface area contributed by atoms with Crippen LogP contribution < -0.4 is 5.32 Å². The van der Waals surface area contributed by atoms with Crippen LogP contribution in [0, 0.1) is 0 Å². The molecule has 0 spiro atoms. The summed E-state index contributed by atoms with van der Waals surface area (Å²) in [6.07, 6.45) is -2.04. The van der Waals surface area contributed by atoms with Crippen molar-refractivity contribution in [3.05, 3.63) is 0 Å². The molecule has 90 valence electrons. The molecule has 1 aliphatic rings. The van der Waals surface area contributed by atoms with Crippen molar-refractivity contribution in [1.29, 1.82) is 0 Å². The van der Waals surface area contributed by atoms with Crippen molar-refractivity contribution in [2.24, 2.45) is 0 Å². The van der Waals surface area contributed by atoms with Crippen molar-refractivity contribution in [2.45, 2.75) is 37.4 Å². The van der Waals surface area contributed by atoms with E-state index in [2.05, 4.69) is 30.6 Å². The van der Waals surface area contributed by atoms with Gasteiger partial charge in [-0.25, -0.2) is 0 Å². The first-order valence-electron chi connectivity index (χ1n) is 5.08. The Kier molecular flexibility index (Phi) is 5.73. The third kappa shape index (κ3) is 3.25. The topological polar surface area (TPSA) is 61.7 Å². The molecule has 6 heteroatoms. The molecule has 3 N–H and O–H groups in total. The lowest BCUT2D eigenvalue weighted by Gasteiger charge is -2.41. The summed E-state index contributed by atoms with van der Waals surface area (Å²) in [6, 6.07) is -0.363. The molecule has 1 saturated heterocycles. The Morgan fingerprint density at radius 3 is 2.47 bits per heavy atom. The summed E-state index contributed by atoms with van der Waals surface area (Å²) in [7, 11) is 0. The number of rotatable bonds is 4. The van der Waals surface area contributed by atoms with Crippen molar-refractivity contribution in [1.82, 2.24) is 5.32 Å². The molecule has 15 heavy (non-hydrogen) atoms. The largest absolute Gasteiger partial charge is 0.389 e. The lowest BCUT2D eigenvalue weighted by molar-refractivity contribution is -0.170. The summed E-state index contributed by atoms with van der Waals surface area (Å²) < 4.78 is 5.43. The molecule has 5 atom stereocenters. The summed E-state index contributed by atoms with van der Waals surface area (Å²) in [5, 5.41) is 22.8. The van der Waals surface area contributed by atoms with Crippen LogP contribution in [0.1, 0.15) is 6.92 Å². The number of hydrogen-bond donors (Lipinski definition) is 5. The quantitative estimate of drug-likeness (QED) is 0.431. The van der Waals surface area contributed by atoms with Gasteiger partial charge < -0.3 is 20.3 Å². The van der Waals surface area contributed by atoms with Crippen LogP contribution in [-0.2, 0) is 4.74 Å². The molecule has 1 fully saturated rings. The summed E-state index contributed by atoms with van der Waals surface area (Å²) in [5.74, 6) is 1.11. The highest BCUT2D eigenvalue weighted by Crippen LogP contribution is 2.21. The fourth-order valence-corrected chi connectivity index (χ4v) is 2.22. The third-order valence-electron chi connectivity index (χ3n) is 2.66. The highest BCUT2D eigenvalue weighted by Gasteiger charge is 2.41. The Balaban J connectivity index is 2.62. The number of ether oxygens (including phenoxy) is 1. The number of aliphatic hydroxyl groups is 2. The Labute approximate surface area is 101 Å². The average molecular weight is 253 g/mol. The van der Waals surface area contributed by atoms with Crippen LogP contribution in [0.2, 0.25) is 0 Å². The molecule has 0 aromatic carbocycles. The maximum atomic E-state index is 9.92. The third-order valence-corrected chi connectivity index (χ3v) is 3.24. The van der Waals surface area contributed by atoms with Crippen molar-refractivity contribution in [2.75, 3.05) is 18.1 Å². The summed E-state index contributed by atoms with van der Waals surface area (Å²) in [5.41, 5.74) is 0. The molecule has 1 heterocycles. The van der Waals surface area contributed by atoms with E-state index in [1.54, 1.807) is 6.92 Å². The van der Waals surface area contributed by atoms with Gasteiger partial charge >= 0.3 is 0 Å². The van der Waals surface area contributed by atoms with Crippen LogP contribution in [0.3, 0.4) is 0 Å². The Bertz CT molecular complexity index is 196. The van der Waals surface area contributed by atoms with Crippen LogP contribution in [0.15, 0.2) is 0 Å². The second kappa shape index (κ2) is 6.32. The van der Waals surface area contributed by atoms with E-state index in [-0.39, 0.29) is 18.2 Å². The summed E-state index contributed by atoms with van der Waals surface area (Å²) >= 11 is 8.19. The van der Waals surface area contributed by atoms with E-state index in [0.717, 1.165) is 0 Å². The fourth-order valence-electron chi connectivity index (χ4n) is 1.79. The molecule has 1 rings (SSSR count). The first-order chi connectivity index (χ1) is 7.11. The van der Waals surface area contributed by atoms with Crippen molar-refractivity contribution in [3.8, 4) is 0 Å². The molecule has 4 nitrogen and oxygen atoms in total. The maximum absolute atomic E-state index is 9.92. The van der Waals surface area contributed by atoms with Gasteiger partial charge in [-0.05, 0) is 6.92 Å². The van der Waals surface area contributed by atoms with Crippen LogP contribution >= 0.6 is 25.3 Å². The predicted molar refractivity (Wildman–Crippen MR) is 65.8 cm³/mol. The monoisotopic (exact) mass is 253 g/mol. The molecule has 0 radical (unpaired) electrons. The maximum Gasteiger partial charge on any atom is 0.0988 e. The van der Waals surface area contributed by atoms with Gasteiger partial charge in [0.15, 0.2) is 0 Å². The standard InChI is InChI=1S/C9H19NO3S2/c1-5-8(11)7(10-2-3-14)9(12)6(4-15)13-5/h5-12,14-15H,2-4H2,1H3. The zero-order valence-corrected chi connectivity index (χ0v) is 10.5. The van der Waals surface area contributed by atoms with Gasteiger partial charge in [-0.2, -0.15) is 25.3 Å². The number of hydrogen-bond acceptors (Lipinski definition) is 6. The average Bonchev–Trinajstić information content (AvgIpc) is 2.23. The molecular weight excluding hydrogens is 234 g/mol. The van der Waals surface area contributed by atoms with E-state index in [9.17, 15) is 10.2 Å². The van der Waals surface area contributed by atoms with Crippen LogP contribution in [0.5, 0.6) is 0 Å². The van der Waals surface area contributed by atoms with Gasteiger partial charge in [0, 0.05) is 18.1 Å². The Hall–Kier alpha value is 0.540. The molecule has 0 aliphatic carbocycles. The number of nitrogens with one attached hydrogen (secondary N) is 1. The van der Waals surface area contributed by atoms with Crippen molar-refractivity contribution < 1.29 is 14.9 Å². The number of thiol groups is 2. The van der Waals surface area contributed by atoms with E-state index in [1.165, 1.54) is 0 Å². The van der Waals surface area contributed by atoms with E-state index in [1.807, 2.05) is 0 Å². The Morgan fingerprint density at radius 1 is 1.27 bits per heavy atom. The second-order valence-electron chi connectivity index (χ2n) is 3.75. The molecule has 0 aromatic rings. The van der Waals surface area contributed by atoms with E-state index < -0.39 is 12.2 Å². The van der Waals surface area contributed by atoms with Gasteiger partial charge in [0.25, 0.3) is 0 Å². The molecule has 0 bridgehead atoms. The van der Waals surface area contributed by atoms with Crippen LogP contribution in [0.4, 0.5) is 0 Å². The van der Waals surface area contributed by atoms with Gasteiger partial charge in [-0.3, -0.25) is 0 Å². The van der Waals surface area contributed by atoms with Crippen molar-refractivity contribution in [3.63, 3.8) is 0 Å². The lowest BCUT2D eigenvalue weighted by atomic mass is 9.93.